The maximum atomic E-state index is 12.0. The first-order valence-corrected chi connectivity index (χ1v) is 7.10. The monoisotopic (exact) mass is 288 g/mol. The van der Waals surface area contributed by atoms with Gasteiger partial charge in [0.15, 0.2) is 0 Å². The van der Waals surface area contributed by atoms with Crippen LogP contribution in [0.25, 0.3) is 6.08 Å². The number of carbonyl (C=O) groups excluding carboxylic acids is 2. The van der Waals surface area contributed by atoms with Crippen molar-refractivity contribution in [1.82, 2.24) is 4.90 Å². The molecule has 2 rings (SSSR count). The molecule has 0 aliphatic carbocycles. The average Bonchev–Trinajstić information content (AvgIpc) is 3.01. The minimum Gasteiger partial charge on any atom is -0.460 e. The number of benzene rings is 1. The molecule has 1 atom stereocenters. The Morgan fingerprint density at radius 3 is 2.81 bits per heavy atom. The third-order valence-corrected chi connectivity index (χ3v) is 3.45. The highest BCUT2D eigenvalue weighted by atomic mass is 16.5. The topological polar surface area (TPSA) is 72.6 Å². The zero-order valence-corrected chi connectivity index (χ0v) is 11.9. The SMILES string of the molecule is NCC(=O)N1CCC[C@H]1C(=O)OC/C=C/c1ccccc1. The highest BCUT2D eigenvalue weighted by molar-refractivity contribution is 5.86. The summed E-state index contributed by atoms with van der Waals surface area (Å²) in [6, 6.07) is 9.29. The molecule has 21 heavy (non-hydrogen) atoms. The summed E-state index contributed by atoms with van der Waals surface area (Å²) in [6.07, 6.45) is 5.14. The van der Waals surface area contributed by atoms with Gasteiger partial charge in [-0.3, -0.25) is 4.79 Å². The quantitative estimate of drug-likeness (QED) is 0.826. The van der Waals surface area contributed by atoms with E-state index in [1.165, 1.54) is 4.90 Å². The van der Waals surface area contributed by atoms with Crippen molar-refractivity contribution < 1.29 is 14.3 Å². The lowest BCUT2D eigenvalue weighted by molar-refractivity contribution is -0.152. The molecular weight excluding hydrogens is 268 g/mol. The Morgan fingerprint density at radius 2 is 2.10 bits per heavy atom. The van der Waals surface area contributed by atoms with E-state index in [4.69, 9.17) is 10.5 Å². The van der Waals surface area contributed by atoms with Gasteiger partial charge in [0.25, 0.3) is 0 Å². The maximum Gasteiger partial charge on any atom is 0.329 e. The first kappa shape index (κ1) is 15.3. The van der Waals surface area contributed by atoms with E-state index in [0.29, 0.717) is 13.0 Å². The summed E-state index contributed by atoms with van der Waals surface area (Å²) in [5, 5.41) is 0. The third-order valence-electron chi connectivity index (χ3n) is 3.45. The van der Waals surface area contributed by atoms with Crippen LogP contribution in [0.15, 0.2) is 36.4 Å². The Morgan fingerprint density at radius 1 is 1.33 bits per heavy atom. The molecule has 1 aromatic carbocycles. The molecule has 1 aliphatic heterocycles. The van der Waals surface area contributed by atoms with Gasteiger partial charge in [-0.2, -0.15) is 0 Å². The fourth-order valence-electron chi connectivity index (χ4n) is 2.40. The molecular formula is C16H20N2O3. The number of rotatable bonds is 5. The van der Waals surface area contributed by atoms with E-state index < -0.39 is 6.04 Å². The Bertz CT molecular complexity index is 514. The molecule has 5 heteroatoms. The number of hydrogen-bond acceptors (Lipinski definition) is 4. The average molecular weight is 288 g/mol. The standard InChI is InChI=1S/C16H20N2O3/c17-12-15(19)18-10-4-9-14(18)16(20)21-11-5-8-13-6-2-1-3-7-13/h1-3,5-8,14H,4,9-12,17H2/b8-5+/t14-/m0/s1. The summed E-state index contributed by atoms with van der Waals surface area (Å²) in [7, 11) is 0. The summed E-state index contributed by atoms with van der Waals surface area (Å²) < 4.78 is 5.21. The Hall–Kier alpha value is -2.14. The van der Waals surface area contributed by atoms with E-state index >= 15 is 0 Å². The van der Waals surface area contributed by atoms with Crippen LogP contribution in [-0.4, -0.2) is 42.5 Å². The van der Waals surface area contributed by atoms with Gasteiger partial charge in [0.2, 0.25) is 5.91 Å². The zero-order valence-electron chi connectivity index (χ0n) is 11.9. The fourth-order valence-corrected chi connectivity index (χ4v) is 2.40. The lowest BCUT2D eigenvalue weighted by Gasteiger charge is -2.22. The Labute approximate surface area is 124 Å². The maximum absolute atomic E-state index is 12.0. The molecule has 0 saturated carbocycles. The first-order chi connectivity index (χ1) is 10.2. The van der Waals surface area contributed by atoms with Crippen molar-refractivity contribution in [2.45, 2.75) is 18.9 Å². The number of hydrogen-bond donors (Lipinski definition) is 1. The Kier molecular flexibility index (Phi) is 5.51. The minimum absolute atomic E-state index is 0.0717. The minimum atomic E-state index is -0.480. The normalized spacial score (nSPS) is 18.1. The summed E-state index contributed by atoms with van der Waals surface area (Å²) in [4.78, 5) is 25.1. The number of amides is 1. The van der Waals surface area contributed by atoms with Crippen molar-refractivity contribution in [3.8, 4) is 0 Å². The highest BCUT2D eigenvalue weighted by Gasteiger charge is 2.34. The van der Waals surface area contributed by atoms with Gasteiger partial charge in [0.1, 0.15) is 12.6 Å². The zero-order chi connectivity index (χ0) is 15.1. The third kappa shape index (κ3) is 4.16. The number of carbonyl (C=O) groups is 2. The fraction of sp³-hybridized carbons (Fsp3) is 0.375. The number of likely N-dealkylation sites (tertiary alicyclic amines) is 1. The molecule has 1 saturated heterocycles. The summed E-state index contributed by atoms with van der Waals surface area (Å²) in [5.41, 5.74) is 6.40. The van der Waals surface area contributed by atoms with Crippen molar-refractivity contribution in [2.24, 2.45) is 5.73 Å². The number of nitrogens with two attached hydrogens (primary N) is 1. The van der Waals surface area contributed by atoms with Crippen molar-refractivity contribution in [3.63, 3.8) is 0 Å². The van der Waals surface area contributed by atoms with E-state index in [9.17, 15) is 9.59 Å². The molecule has 0 spiro atoms. The molecule has 2 N–H and O–H groups in total. The molecule has 1 heterocycles. The molecule has 1 aliphatic rings. The van der Waals surface area contributed by atoms with Crippen LogP contribution in [0.5, 0.6) is 0 Å². The summed E-state index contributed by atoms with van der Waals surface area (Å²) in [5.74, 6) is -0.554. The van der Waals surface area contributed by atoms with Crippen LogP contribution in [0.1, 0.15) is 18.4 Å². The largest absolute Gasteiger partial charge is 0.460 e. The van der Waals surface area contributed by atoms with Gasteiger partial charge in [0.05, 0.1) is 6.54 Å². The molecule has 0 radical (unpaired) electrons. The summed E-state index contributed by atoms with van der Waals surface area (Å²) in [6.45, 7) is 0.711. The van der Waals surface area contributed by atoms with Gasteiger partial charge in [0, 0.05) is 6.54 Å². The molecule has 112 valence electrons. The van der Waals surface area contributed by atoms with E-state index in [0.717, 1.165) is 12.0 Å². The van der Waals surface area contributed by atoms with Crippen molar-refractivity contribution >= 4 is 18.0 Å². The predicted octanol–water partition coefficient (Wildman–Crippen LogP) is 1.19. The lowest BCUT2D eigenvalue weighted by atomic mass is 10.2. The molecule has 1 aromatic rings. The summed E-state index contributed by atoms with van der Waals surface area (Å²) >= 11 is 0. The number of nitrogens with zero attached hydrogens (tertiary/aromatic N) is 1. The van der Waals surface area contributed by atoms with E-state index in [2.05, 4.69) is 0 Å². The van der Waals surface area contributed by atoms with Crippen LogP contribution in [0.3, 0.4) is 0 Å². The second-order valence-corrected chi connectivity index (χ2v) is 4.89. The number of esters is 1. The molecule has 1 fully saturated rings. The van der Waals surface area contributed by atoms with Crippen LogP contribution in [0.2, 0.25) is 0 Å². The van der Waals surface area contributed by atoms with Crippen molar-refractivity contribution in [1.29, 1.82) is 0 Å². The Balaban J connectivity index is 1.82. The molecule has 0 aromatic heterocycles. The molecule has 0 bridgehead atoms. The van der Waals surface area contributed by atoms with Gasteiger partial charge in [-0.1, -0.05) is 36.4 Å². The van der Waals surface area contributed by atoms with Crippen LogP contribution in [0.4, 0.5) is 0 Å². The van der Waals surface area contributed by atoms with Crippen LogP contribution >= 0.6 is 0 Å². The van der Waals surface area contributed by atoms with Crippen LogP contribution in [0, 0.1) is 0 Å². The predicted molar refractivity (Wildman–Crippen MR) is 80.2 cm³/mol. The molecule has 5 nitrogen and oxygen atoms in total. The van der Waals surface area contributed by atoms with E-state index in [1.807, 2.05) is 36.4 Å². The van der Waals surface area contributed by atoms with E-state index in [1.54, 1.807) is 6.08 Å². The number of ether oxygens (including phenoxy) is 1. The van der Waals surface area contributed by atoms with Gasteiger partial charge >= 0.3 is 5.97 Å². The van der Waals surface area contributed by atoms with Crippen LogP contribution in [-0.2, 0) is 14.3 Å². The van der Waals surface area contributed by atoms with Crippen molar-refractivity contribution in [2.75, 3.05) is 19.7 Å². The lowest BCUT2D eigenvalue weighted by Crippen LogP contribution is -2.44. The molecule has 0 unspecified atom stereocenters. The van der Waals surface area contributed by atoms with Gasteiger partial charge < -0.3 is 15.4 Å². The second kappa shape index (κ2) is 7.59. The van der Waals surface area contributed by atoms with Crippen molar-refractivity contribution in [3.05, 3.63) is 42.0 Å². The first-order valence-electron chi connectivity index (χ1n) is 7.10. The highest BCUT2D eigenvalue weighted by Crippen LogP contribution is 2.18. The second-order valence-electron chi connectivity index (χ2n) is 4.89. The smallest absolute Gasteiger partial charge is 0.329 e. The van der Waals surface area contributed by atoms with Crippen LogP contribution < -0.4 is 5.73 Å². The van der Waals surface area contributed by atoms with Gasteiger partial charge in [-0.15, -0.1) is 0 Å². The van der Waals surface area contributed by atoms with Gasteiger partial charge in [-0.25, -0.2) is 4.79 Å². The van der Waals surface area contributed by atoms with E-state index in [-0.39, 0.29) is 25.0 Å². The van der Waals surface area contributed by atoms with Gasteiger partial charge in [-0.05, 0) is 24.5 Å². The molecule has 1 amide bonds.